The van der Waals surface area contributed by atoms with Crippen molar-refractivity contribution >= 4 is 34.0 Å². The molecule has 2 nitrogen and oxygen atoms in total. The summed E-state index contributed by atoms with van der Waals surface area (Å²) in [5.41, 5.74) is 0.908. The fraction of sp³-hybridized carbons (Fsp3) is 0.571. The second-order valence-electron chi connectivity index (χ2n) is 6.30. The average Bonchev–Trinajstić information content (AvgIpc) is 2.25. The molecule has 1 aliphatic heterocycles. The van der Waals surface area contributed by atoms with Gasteiger partial charge in [-0.25, -0.2) is 0 Å². The van der Waals surface area contributed by atoms with Gasteiger partial charge in [-0.3, -0.25) is 0 Å². The van der Waals surface area contributed by atoms with E-state index < -0.39 is 12.5 Å². The molecule has 0 N–H and O–H groups in total. The number of rotatable bonds is 1. The largest absolute Gasteiger partial charge is 0.462 e. The lowest BCUT2D eigenvalue weighted by Crippen LogP contribution is -2.50. The van der Waals surface area contributed by atoms with Gasteiger partial charge in [0.15, 0.2) is 0 Å². The van der Waals surface area contributed by atoms with Crippen LogP contribution in [0.2, 0.25) is 6.55 Å². The molecule has 5 heteroatoms. The molecule has 1 aliphatic rings. The maximum atomic E-state index is 6.25. The second kappa shape index (κ2) is 4.66. The zero-order valence-electron chi connectivity index (χ0n) is 12.0. The minimum atomic E-state index is -2.33. The molecule has 1 atom stereocenters. The van der Waals surface area contributed by atoms with Crippen LogP contribution < -0.4 is 9.92 Å². The van der Waals surface area contributed by atoms with E-state index in [-0.39, 0.29) is 5.41 Å². The Balaban J connectivity index is 2.34. The van der Waals surface area contributed by atoms with E-state index in [1.807, 2.05) is 31.7 Å². The first kappa shape index (κ1) is 15.2. The number of hydrogen-bond donors (Lipinski definition) is 0. The van der Waals surface area contributed by atoms with Gasteiger partial charge in [0.05, 0.1) is 6.61 Å². The zero-order chi connectivity index (χ0) is 14.5. The molecule has 0 bridgehead atoms. The van der Waals surface area contributed by atoms with Gasteiger partial charge in [0.25, 0.3) is 6.69 Å². The van der Waals surface area contributed by atoms with Crippen LogP contribution in [0.5, 0.6) is 5.75 Å². The number of hydrogen-bond acceptors (Lipinski definition) is 2. The van der Waals surface area contributed by atoms with E-state index in [0.717, 1.165) is 16.5 Å². The molecule has 0 spiro atoms. The molecule has 0 aromatic heterocycles. The van der Waals surface area contributed by atoms with E-state index in [4.69, 9.17) is 31.6 Å². The number of ether oxygens (including phenoxy) is 2. The molecular formula is C14H20Cl2O2Si. The van der Waals surface area contributed by atoms with Crippen LogP contribution in [-0.4, -0.2) is 12.5 Å². The predicted octanol–water partition coefficient (Wildman–Crippen LogP) is 4.11. The lowest BCUT2D eigenvalue weighted by molar-refractivity contribution is -0.249. The molecule has 0 radical (unpaired) electrons. The summed E-state index contributed by atoms with van der Waals surface area (Å²) < 4.78 is 12.0. The van der Waals surface area contributed by atoms with Crippen LogP contribution in [-0.2, 0) is 11.3 Å². The van der Waals surface area contributed by atoms with Crippen molar-refractivity contribution in [1.29, 1.82) is 0 Å². The number of benzene rings is 1. The molecule has 0 fully saturated rings. The monoisotopic (exact) mass is 318 g/mol. The second-order valence-corrected chi connectivity index (χ2v) is 13.8. The molecule has 106 valence electrons. The molecule has 1 unspecified atom stereocenters. The lowest BCUT2D eigenvalue weighted by atomic mass is 9.86. The van der Waals surface area contributed by atoms with E-state index in [2.05, 4.69) is 20.8 Å². The summed E-state index contributed by atoms with van der Waals surface area (Å²) in [5, 5.41) is 0.987. The lowest BCUT2D eigenvalue weighted by Gasteiger charge is -2.44. The first-order valence-corrected chi connectivity index (χ1v) is 10.9. The summed E-state index contributed by atoms with van der Waals surface area (Å²) >= 11 is 12.5. The van der Waals surface area contributed by atoms with E-state index in [1.54, 1.807) is 0 Å². The van der Waals surface area contributed by atoms with E-state index >= 15 is 0 Å². The molecule has 2 rings (SSSR count). The van der Waals surface area contributed by atoms with E-state index in [9.17, 15) is 0 Å². The summed E-state index contributed by atoms with van der Waals surface area (Å²) in [6, 6.07) is 5.91. The van der Waals surface area contributed by atoms with Crippen molar-refractivity contribution in [2.24, 2.45) is 5.41 Å². The first-order chi connectivity index (χ1) is 8.53. The van der Waals surface area contributed by atoms with Crippen molar-refractivity contribution in [3.63, 3.8) is 0 Å². The topological polar surface area (TPSA) is 18.5 Å². The summed E-state index contributed by atoms with van der Waals surface area (Å²) in [6.07, 6.45) is 0. The van der Waals surface area contributed by atoms with Crippen molar-refractivity contribution in [2.45, 2.75) is 46.6 Å². The smallest absolute Gasteiger partial charge is 0.277 e. The van der Waals surface area contributed by atoms with Gasteiger partial charge in [-0.15, -0.1) is 22.2 Å². The molecule has 0 saturated carbocycles. The fourth-order valence-corrected chi connectivity index (χ4v) is 3.40. The van der Waals surface area contributed by atoms with E-state index in [0.29, 0.717) is 6.61 Å². The highest BCUT2D eigenvalue weighted by Crippen LogP contribution is 2.41. The number of halogens is 2. The van der Waals surface area contributed by atoms with Gasteiger partial charge < -0.3 is 9.47 Å². The van der Waals surface area contributed by atoms with Gasteiger partial charge in [0.1, 0.15) is 5.75 Å². The van der Waals surface area contributed by atoms with Gasteiger partial charge in [0.2, 0.25) is 5.79 Å². The van der Waals surface area contributed by atoms with Crippen LogP contribution >= 0.6 is 22.2 Å². The highest BCUT2D eigenvalue weighted by molar-refractivity contribution is 7.50. The van der Waals surface area contributed by atoms with Crippen LogP contribution in [0.25, 0.3) is 0 Å². The normalized spacial score (nSPS) is 23.7. The maximum Gasteiger partial charge on any atom is 0.277 e. The van der Waals surface area contributed by atoms with Gasteiger partial charge in [-0.2, -0.15) is 0 Å². The Hall–Kier alpha value is -0.223. The van der Waals surface area contributed by atoms with Gasteiger partial charge >= 0.3 is 0 Å². The zero-order valence-corrected chi connectivity index (χ0v) is 14.5. The Morgan fingerprint density at radius 3 is 2.42 bits per heavy atom. The number of fused-ring (bicyclic) bond motifs is 1. The first-order valence-electron chi connectivity index (χ1n) is 6.37. The Morgan fingerprint density at radius 1 is 1.26 bits per heavy atom. The molecule has 1 aromatic carbocycles. The summed E-state index contributed by atoms with van der Waals surface area (Å²) in [4.78, 5) is 0. The van der Waals surface area contributed by atoms with Crippen LogP contribution in [0.1, 0.15) is 33.3 Å². The Kier molecular flexibility index (Phi) is 3.72. The van der Waals surface area contributed by atoms with Crippen molar-refractivity contribution in [3.8, 4) is 5.75 Å². The van der Waals surface area contributed by atoms with E-state index in [1.165, 1.54) is 0 Å². The van der Waals surface area contributed by atoms with Crippen molar-refractivity contribution in [1.82, 2.24) is 0 Å². The third kappa shape index (κ3) is 2.94. The Morgan fingerprint density at radius 2 is 1.89 bits per heavy atom. The quantitative estimate of drug-likeness (QED) is 0.573. The Bertz CT molecular complexity index is 491. The summed E-state index contributed by atoms with van der Waals surface area (Å²) in [5.74, 6) is 0.239. The summed E-state index contributed by atoms with van der Waals surface area (Å²) in [6.45, 7) is 8.38. The van der Waals surface area contributed by atoms with Crippen molar-refractivity contribution < 1.29 is 9.47 Å². The van der Waals surface area contributed by atoms with Gasteiger partial charge in [0, 0.05) is 17.9 Å². The highest BCUT2D eigenvalue weighted by atomic mass is 35.7. The third-order valence-electron chi connectivity index (χ3n) is 3.74. The maximum absolute atomic E-state index is 6.25. The van der Waals surface area contributed by atoms with Crippen LogP contribution in [0.4, 0.5) is 0 Å². The molecule has 19 heavy (non-hydrogen) atoms. The fourth-order valence-electron chi connectivity index (χ4n) is 1.89. The molecule has 1 heterocycles. The standard InChI is InChI=1S/C14H20Cl2O2Si/c1-13(2,3)14(4)17-9-10-8-11(19(5,15)16)6-7-12(10)18-14/h6-8H,9H2,1-5H3. The molecular weight excluding hydrogens is 299 g/mol. The highest BCUT2D eigenvalue weighted by Gasteiger charge is 2.44. The molecule has 0 aliphatic carbocycles. The molecule has 0 saturated heterocycles. The Labute approximate surface area is 125 Å². The van der Waals surface area contributed by atoms with Gasteiger partial charge in [-0.1, -0.05) is 32.9 Å². The minimum Gasteiger partial charge on any atom is -0.462 e. The van der Waals surface area contributed by atoms with Crippen LogP contribution in [0.15, 0.2) is 18.2 Å². The van der Waals surface area contributed by atoms with Gasteiger partial charge in [-0.05, 0) is 17.8 Å². The minimum absolute atomic E-state index is 0.106. The third-order valence-corrected chi connectivity index (χ3v) is 6.37. The predicted molar refractivity (Wildman–Crippen MR) is 82.7 cm³/mol. The van der Waals surface area contributed by atoms with Crippen molar-refractivity contribution in [3.05, 3.63) is 23.8 Å². The summed E-state index contributed by atoms with van der Waals surface area (Å²) in [7, 11) is 0. The van der Waals surface area contributed by atoms with Crippen molar-refractivity contribution in [2.75, 3.05) is 0 Å². The molecule has 1 aromatic rings. The van der Waals surface area contributed by atoms with Crippen LogP contribution in [0, 0.1) is 5.41 Å². The van der Waals surface area contributed by atoms with Crippen LogP contribution in [0.3, 0.4) is 0 Å². The SMILES string of the molecule is CC(C)(C)C1(C)OCc2cc([Si](C)(Cl)Cl)ccc2O1. The average molecular weight is 319 g/mol. The molecule has 0 amide bonds.